The van der Waals surface area contributed by atoms with Gasteiger partial charge in [-0.1, -0.05) is 6.07 Å². The summed E-state index contributed by atoms with van der Waals surface area (Å²) in [7, 11) is 0. The van der Waals surface area contributed by atoms with Gasteiger partial charge in [0.25, 0.3) is 5.91 Å². The third-order valence-corrected chi connectivity index (χ3v) is 9.66. The van der Waals surface area contributed by atoms with Crippen molar-refractivity contribution in [3.05, 3.63) is 34.6 Å². The van der Waals surface area contributed by atoms with E-state index in [1.807, 2.05) is 6.07 Å². The van der Waals surface area contributed by atoms with E-state index in [-0.39, 0.29) is 47.4 Å². The molecule has 192 valence electrons. The largest absolute Gasteiger partial charge is 0.508 e. The minimum absolute atomic E-state index is 0.00268. The summed E-state index contributed by atoms with van der Waals surface area (Å²) in [5.41, 5.74) is -0.180. The molecular formula is C27H33N3O6. The van der Waals surface area contributed by atoms with Crippen LogP contribution in [-0.2, 0) is 21.4 Å². The summed E-state index contributed by atoms with van der Waals surface area (Å²) in [5.74, 6) is 0.396. The van der Waals surface area contributed by atoms with Crippen molar-refractivity contribution in [2.45, 2.75) is 74.7 Å². The van der Waals surface area contributed by atoms with Crippen LogP contribution in [0.5, 0.6) is 11.5 Å². The van der Waals surface area contributed by atoms with E-state index in [1.54, 1.807) is 11.0 Å². The maximum Gasteiger partial charge on any atom is 0.253 e. The Bertz CT molecular complexity index is 1210. The van der Waals surface area contributed by atoms with Crippen molar-refractivity contribution in [1.29, 1.82) is 0 Å². The molecule has 4 N–H and O–H groups in total. The molecule has 0 aromatic heterocycles. The Labute approximate surface area is 209 Å². The number of aliphatic hydroxyl groups is 2. The van der Waals surface area contributed by atoms with E-state index in [0.29, 0.717) is 44.0 Å². The lowest BCUT2D eigenvalue weighted by atomic mass is 9.49. The van der Waals surface area contributed by atoms with Gasteiger partial charge in [-0.25, -0.2) is 0 Å². The predicted molar refractivity (Wildman–Crippen MR) is 129 cm³/mol. The number of aliphatic hydroxyl groups excluding tert-OH is 1. The van der Waals surface area contributed by atoms with Crippen molar-refractivity contribution >= 4 is 11.8 Å². The Morgan fingerprint density at radius 2 is 2.00 bits per heavy atom. The van der Waals surface area contributed by atoms with E-state index in [4.69, 9.17) is 4.74 Å². The number of amides is 2. The molecule has 5 atom stereocenters. The normalized spacial score (nSPS) is 36.5. The number of hydrogen-bond donors (Lipinski definition) is 4. The van der Waals surface area contributed by atoms with Crippen LogP contribution in [0.25, 0.3) is 0 Å². The van der Waals surface area contributed by atoms with Crippen LogP contribution in [0.1, 0.15) is 50.2 Å². The van der Waals surface area contributed by atoms with E-state index < -0.39 is 17.1 Å². The fourth-order valence-corrected chi connectivity index (χ4v) is 7.90. The smallest absolute Gasteiger partial charge is 0.253 e. The number of phenolic OH excluding ortho intramolecular Hbond substituents is 1. The van der Waals surface area contributed by atoms with E-state index >= 15 is 0 Å². The average Bonchev–Trinajstić information content (AvgIpc) is 3.40. The van der Waals surface area contributed by atoms with Gasteiger partial charge in [0.2, 0.25) is 5.91 Å². The number of nitrogens with one attached hydrogen (secondary N) is 1. The summed E-state index contributed by atoms with van der Waals surface area (Å²) in [6.45, 7) is 4.00. The number of aromatic hydroxyl groups is 1. The van der Waals surface area contributed by atoms with Gasteiger partial charge in [-0.05, 0) is 56.2 Å². The third kappa shape index (κ3) is 2.84. The molecule has 1 aromatic rings. The summed E-state index contributed by atoms with van der Waals surface area (Å²) >= 11 is 0. The Kier molecular flexibility index (Phi) is 4.60. The Balaban J connectivity index is 1.31. The van der Waals surface area contributed by atoms with Crippen LogP contribution < -0.4 is 10.1 Å². The molecule has 36 heavy (non-hydrogen) atoms. The summed E-state index contributed by atoms with van der Waals surface area (Å²) in [6, 6.07) is 3.22. The van der Waals surface area contributed by atoms with Gasteiger partial charge in [0.05, 0.1) is 16.6 Å². The predicted octanol–water partition coefficient (Wildman–Crippen LogP) is 1.12. The molecule has 3 aliphatic carbocycles. The van der Waals surface area contributed by atoms with Crippen LogP contribution >= 0.6 is 0 Å². The first-order valence-corrected chi connectivity index (χ1v) is 13.2. The van der Waals surface area contributed by atoms with Crippen molar-refractivity contribution in [2.75, 3.05) is 26.2 Å². The molecule has 3 fully saturated rings. The van der Waals surface area contributed by atoms with Crippen LogP contribution in [0.2, 0.25) is 0 Å². The van der Waals surface area contributed by atoms with E-state index in [1.165, 1.54) is 19.8 Å². The lowest BCUT2D eigenvalue weighted by molar-refractivity contribution is -0.173. The Hall–Kier alpha value is -2.78. The van der Waals surface area contributed by atoms with E-state index in [2.05, 4.69) is 10.2 Å². The topological polar surface area (TPSA) is 123 Å². The number of benzene rings is 1. The second kappa shape index (κ2) is 7.38. The molecule has 1 aromatic carbocycles. The summed E-state index contributed by atoms with van der Waals surface area (Å²) in [5, 5.41) is 37.8. The van der Waals surface area contributed by atoms with Crippen LogP contribution in [-0.4, -0.2) is 86.9 Å². The highest BCUT2D eigenvalue weighted by molar-refractivity contribution is 5.95. The molecule has 6 aliphatic rings. The lowest BCUT2D eigenvalue weighted by Gasteiger charge is -2.62. The number of likely N-dealkylation sites (tertiary alicyclic amines) is 2. The maximum absolute atomic E-state index is 13.7. The van der Waals surface area contributed by atoms with E-state index in [0.717, 1.165) is 24.2 Å². The molecule has 1 saturated carbocycles. The number of carbonyl (C=O) groups is 2. The fourth-order valence-electron chi connectivity index (χ4n) is 7.90. The molecule has 3 aliphatic heterocycles. The van der Waals surface area contributed by atoms with Crippen molar-refractivity contribution in [3.63, 3.8) is 0 Å². The lowest BCUT2D eigenvalue weighted by Crippen LogP contribution is -2.75. The van der Waals surface area contributed by atoms with Gasteiger partial charge in [0.15, 0.2) is 17.6 Å². The summed E-state index contributed by atoms with van der Waals surface area (Å²) < 4.78 is 6.27. The second-order valence-electron chi connectivity index (χ2n) is 11.7. The standard InChI is InChI=1S/C27H33N3O6/c1-14(31)28-17-6-8-30(13-17)25(34)18-11-27(35)20-10-16-4-5-19(32)23-21(16)26(27,24(36-23)22(18)33)7-9-29(20)12-15-2-3-15/h4-5,15,17,20,24,32-33,35H,2-3,6-13H2,1H3,(H,28,31)/t17-,20-,24+,26+,27-/m1/s1. The van der Waals surface area contributed by atoms with Gasteiger partial charge in [0.1, 0.15) is 5.76 Å². The Morgan fingerprint density at radius 3 is 2.75 bits per heavy atom. The first-order valence-electron chi connectivity index (χ1n) is 13.2. The van der Waals surface area contributed by atoms with Gasteiger partial charge < -0.3 is 30.3 Å². The minimum Gasteiger partial charge on any atom is -0.508 e. The number of rotatable bonds is 4. The summed E-state index contributed by atoms with van der Waals surface area (Å²) in [4.78, 5) is 29.3. The van der Waals surface area contributed by atoms with Crippen LogP contribution in [0.15, 0.2) is 23.5 Å². The molecular weight excluding hydrogens is 462 g/mol. The highest BCUT2D eigenvalue weighted by atomic mass is 16.5. The minimum atomic E-state index is -1.31. The quantitative estimate of drug-likeness (QED) is 0.494. The van der Waals surface area contributed by atoms with Crippen molar-refractivity contribution in [3.8, 4) is 11.5 Å². The number of hydrogen-bond acceptors (Lipinski definition) is 7. The van der Waals surface area contributed by atoms with Gasteiger partial charge >= 0.3 is 0 Å². The number of carbonyl (C=O) groups excluding carboxylic acids is 2. The summed E-state index contributed by atoms with van der Waals surface area (Å²) in [6.07, 6.45) is 3.38. The van der Waals surface area contributed by atoms with Crippen molar-refractivity contribution in [1.82, 2.24) is 15.1 Å². The zero-order chi connectivity index (χ0) is 25.0. The highest BCUT2D eigenvalue weighted by Gasteiger charge is 2.73. The molecule has 9 heteroatoms. The van der Waals surface area contributed by atoms with Gasteiger partial charge in [-0.15, -0.1) is 0 Å². The van der Waals surface area contributed by atoms with Crippen LogP contribution in [0, 0.1) is 5.92 Å². The number of piperidine rings is 1. The first-order chi connectivity index (χ1) is 17.2. The molecule has 9 nitrogen and oxygen atoms in total. The van der Waals surface area contributed by atoms with Gasteiger partial charge in [-0.2, -0.15) is 0 Å². The first kappa shape index (κ1) is 22.4. The van der Waals surface area contributed by atoms with E-state index in [9.17, 15) is 24.9 Å². The molecule has 7 rings (SSSR count). The maximum atomic E-state index is 13.7. The molecule has 2 amide bonds. The zero-order valence-corrected chi connectivity index (χ0v) is 20.5. The monoisotopic (exact) mass is 495 g/mol. The molecule has 3 heterocycles. The highest BCUT2D eigenvalue weighted by Crippen LogP contribution is 2.66. The zero-order valence-electron chi connectivity index (χ0n) is 20.5. The SMILES string of the molecule is CC(=O)N[C@@H]1CCN(C(=O)C2=C(O)[C@@H]3Oc4c(O)ccc5c4[C@@]34CCN(CC3CC3)[C@H](C5)[C@]4(O)C2)C1. The fraction of sp³-hybridized carbons (Fsp3) is 0.630. The Morgan fingerprint density at radius 1 is 1.19 bits per heavy atom. The van der Waals surface area contributed by atoms with Crippen molar-refractivity contribution < 1.29 is 29.6 Å². The molecule has 2 saturated heterocycles. The van der Waals surface area contributed by atoms with Crippen molar-refractivity contribution in [2.24, 2.45) is 5.92 Å². The molecule has 0 unspecified atom stereocenters. The van der Waals surface area contributed by atoms with Gasteiger partial charge in [0, 0.05) is 50.6 Å². The number of ether oxygens (including phenoxy) is 1. The van der Waals surface area contributed by atoms with Crippen LogP contribution in [0.3, 0.4) is 0 Å². The molecule has 1 spiro atoms. The molecule has 0 radical (unpaired) electrons. The number of nitrogens with zero attached hydrogens (tertiary/aromatic N) is 2. The second-order valence-corrected chi connectivity index (χ2v) is 11.7. The number of phenols is 1. The average molecular weight is 496 g/mol. The third-order valence-electron chi connectivity index (χ3n) is 9.66. The molecule has 2 bridgehead atoms. The van der Waals surface area contributed by atoms with Crippen LogP contribution in [0.4, 0.5) is 0 Å². The van der Waals surface area contributed by atoms with Gasteiger partial charge in [-0.3, -0.25) is 14.5 Å².